The highest BCUT2D eigenvalue weighted by atomic mass is 79.9. The Hall–Kier alpha value is -1.20. The second kappa shape index (κ2) is 4.12. The summed E-state index contributed by atoms with van der Waals surface area (Å²) in [5, 5.41) is 12.6. The first-order chi connectivity index (χ1) is 7.22. The van der Waals surface area contributed by atoms with Crippen molar-refractivity contribution in [2.75, 3.05) is 0 Å². The topological polar surface area (TPSA) is 46.3 Å². The van der Waals surface area contributed by atoms with Gasteiger partial charge < -0.3 is 9.63 Å². The number of hydrogen-bond donors (Lipinski definition) is 1. The Labute approximate surface area is 93.6 Å². The van der Waals surface area contributed by atoms with Gasteiger partial charge in [0.15, 0.2) is 5.76 Å². The number of hydrogen-bond acceptors (Lipinski definition) is 3. The molecule has 0 spiro atoms. The lowest BCUT2D eigenvalue weighted by atomic mass is 10.1. The maximum absolute atomic E-state index is 12.7. The van der Waals surface area contributed by atoms with Crippen LogP contribution in [0.2, 0.25) is 0 Å². The number of halogens is 2. The zero-order valence-corrected chi connectivity index (χ0v) is 9.16. The van der Waals surface area contributed by atoms with Crippen molar-refractivity contribution >= 4 is 15.9 Å². The number of nitrogens with zero attached hydrogens (tertiary/aromatic N) is 1. The van der Waals surface area contributed by atoms with Gasteiger partial charge in [0, 0.05) is 5.56 Å². The summed E-state index contributed by atoms with van der Waals surface area (Å²) in [6, 6.07) is 5.84. The first kappa shape index (κ1) is 10.3. The zero-order valence-electron chi connectivity index (χ0n) is 7.58. The minimum absolute atomic E-state index is 0.203. The summed E-state index contributed by atoms with van der Waals surface area (Å²) in [5.74, 6) is 0.177. The van der Waals surface area contributed by atoms with Crippen LogP contribution < -0.4 is 0 Å². The second-order valence-corrected chi connectivity index (χ2v) is 3.73. The van der Waals surface area contributed by atoms with E-state index in [0.717, 1.165) is 0 Å². The smallest absolute Gasteiger partial charge is 0.181 e. The van der Waals surface area contributed by atoms with Gasteiger partial charge in [0.05, 0.1) is 11.1 Å². The third-order valence-electron chi connectivity index (χ3n) is 1.96. The molecular weight excluding hydrogens is 265 g/mol. The SMILES string of the molecule is OCc1noc(-c2ccc(F)cc2)c1Br. The van der Waals surface area contributed by atoms with Gasteiger partial charge >= 0.3 is 0 Å². The highest BCUT2D eigenvalue weighted by Crippen LogP contribution is 2.31. The molecule has 2 aromatic rings. The quantitative estimate of drug-likeness (QED) is 0.914. The van der Waals surface area contributed by atoms with Crippen molar-refractivity contribution in [3.8, 4) is 11.3 Å². The van der Waals surface area contributed by atoms with Gasteiger partial charge in [0.2, 0.25) is 0 Å². The number of aliphatic hydroxyl groups is 1. The van der Waals surface area contributed by atoms with E-state index in [0.29, 0.717) is 21.5 Å². The number of aliphatic hydroxyl groups excluding tert-OH is 1. The van der Waals surface area contributed by atoms with Gasteiger partial charge in [0.1, 0.15) is 11.5 Å². The van der Waals surface area contributed by atoms with E-state index in [1.165, 1.54) is 12.1 Å². The molecule has 1 aromatic heterocycles. The maximum Gasteiger partial charge on any atom is 0.181 e. The summed E-state index contributed by atoms with van der Waals surface area (Å²) >= 11 is 3.26. The average molecular weight is 272 g/mol. The fourth-order valence-electron chi connectivity index (χ4n) is 1.19. The molecule has 0 saturated carbocycles. The van der Waals surface area contributed by atoms with Gasteiger partial charge in [-0.3, -0.25) is 0 Å². The first-order valence-corrected chi connectivity index (χ1v) is 5.02. The van der Waals surface area contributed by atoms with Crippen LogP contribution in [0.3, 0.4) is 0 Å². The van der Waals surface area contributed by atoms with Crippen molar-refractivity contribution in [1.29, 1.82) is 0 Å². The molecule has 1 N–H and O–H groups in total. The maximum atomic E-state index is 12.7. The van der Waals surface area contributed by atoms with Crippen LogP contribution in [0.1, 0.15) is 5.69 Å². The Morgan fingerprint density at radius 2 is 2.00 bits per heavy atom. The van der Waals surface area contributed by atoms with Crippen LogP contribution in [0.5, 0.6) is 0 Å². The molecule has 0 aliphatic heterocycles. The van der Waals surface area contributed by atoms with E-state index in [1.54, 1.807) is 12.1 Å². The average Bonchev–Trinajstić information content (AvgIpc) is 2.61. The summed E-state index contributed by atoms with van der Waals surface area (Å²) < 4.78 is 18.3. The van der Waals surface area contributed by atoms with Crippen LogP contribution in [0, 0.1) is 5.82 Å². The van der Waals surface area contributed by atoms with Crippen molar-refractivity contribution in [3.05, 3.63) is 40.2 Å². The minimum atomic E-state index is -0.309. The lowest BCUT2D eigenvalue weighted by Gasteiger charge is -1.96. The first-order valence-electron chi connectivity index (χ1n) is 4.23. The minimum Gasteiger partial charge on any atom is -0.390 e. The lowest BCUT2D eigenvalue weighted by molar-refractivity contribution is 0.266. The molecule has 1 aromatic carbocycles. The molecule has 0 aliphatic carbocycles. The Morgan fingerprint density at radius 3 is 2.53 bits per heavy atom. The van der Waals surface area contributed by atoms with E-state index in [-0.39, 0.29) is 12.4 Å². The molecule has 78 valence electrons. The van der Waals surface area contributed by atoms with E-state index >= 15 is 0 Å². The van der Waals surface area contributed by atoms with Crippen LogP contribution in [0.4, 0.5) is 4.39 Å². The Morgan fingerprint density at radius 1 is 1.33 bits per heavy atom. The van der Waals surface area contributed by atoms with E-state index in [1.807, 2.05) is 0 Å². The Bertz CT molecular complexity index is 467. The Kier molecular flexibility index (Phi) is 2.83. The van der Waals surface area contributed by atoms with E-state index in [9.17, 15) is 4.39 Å². The third-order valence-corrected chi connectivity index (χ3v) is 2.77. The largest absolute Gasteiger partial charge is 0.390 e. The van der Waals surface area contributed by atoms with Crippen molar-refractivity contribution in [2.45, 2.75) is 6.61 Å². The van der Waals surface area contributed by atoms with Gasteiger partial charge in [-0.1, -0.05) is 5.16 Å². The van der Waals surface area contributed by atoms with Gasteiger partial charge in [-0.15, -0.1) is 0 Å². The molecule has 0 unspecified atom stereocenters. The molecule has 1 heterocycles. The van der Waals surface area contributed by atoms with Crippen LogP contribution >= 0.6 is 15.9 Å². The highest BCUT2D eigenvalue weighted by Gasteiger charge is 2.14. The second-order valence-electron chi connectivity index (χ2n) is 2.94. The molecule has 15 heavy (non-hydrogen) atoms. The predicted molar refractivity (Wildman–Crippen MR) is 55.5 cm³/mol. The van der Waals surface area contributed by atoms with Crippen molar-refractivity contribution in [3.63, 3.8) is 0 Å². The van der Waals surface area contributed by atoms with Gasteiger partial charge in [0.25, 0.3) is 0 Å². The predicted octanol–water partition coefficient (Wildman–Crippen LogP) is 2.74. The van der Waals surface area contributed by atoms with Crippen LogP contribution in [-0.2, 0) is 6.61 Å². The molecule has 3 nitrogen and oxygen atoms in total. The molecule has 0 aliphatic rings. The molecule has 0 amide bonds. The fourth-order valence-corrected chi connectivity index (χ4v) is 1.69. The van der Waals surface area contributed by atoms with Crippen molar-refractivity contribution in [2.24, 2.45) is 0 Å². The van der Waals surface area contributed by atoms with Crippen LogP contribution in [0.15, 0.2) is 33.3 Å². The Balaban J connectivity index is 2.45. The molecule has 0 saturated heterocycles. The van der Waals surface area contributed by atoms with Crippen molar-refractivity contribution in [1.82, 2.24) is 5.16 Å². The van der Waals surface area contributed by atoms with E-state index in [2.05, 4.69) is 21.1 Å². The normalized spacial score (nSPS) is 10.6. The van der Waals surface area contributed by atoms with E-state index in [4.69, 9.17) is 9.63 Å². The summed E-state index contributed by atoms with van der Waals surface area (Å²) in [4.78, 5) is 0. The zero-order chi connectivity index (χ0) is 10.8. The molecule has 0 bridgehead atoms. The number of aromatic nitrogens is 1. The number of benzene rings is 1. The molecule has 0 radical (unpaired) electrons. The third kappa shape index (κ3) is 1.93. The fraction of sp³-hybridized carbons (Fsp3) is 0.100. The van der Waals surface area contributed by atoms with Crippen LogP contribution in [-0.4, -0.2) is 10.3 Å². The highest BCUT2D eigenvalue weighted by molar-refractivity contribution is 9.10. The number of rotatable bonds is 2. The van der Waals surface area contributed by atoms with Gasteiger partial charge in [-0.25, -0.2) is 4.39 Å². The molecule has 2 rings (SSSR count). The lowest BCUT2D eigenvalue weighted by Crippen LogP contribution is -1.82. The monoisotopic (exact) mass is 271 g/mol. The summed E-state index contributed by atoms with van der Waals surface area (Å²) in [6.45, 7) is -0.203. The molecule has 0 atom stereocenters. The van der Waals surface area contributed by atoms with Crippen LogP contribution in [0.25, 0.3) is 11.3 Å². The summed E-state index contributed by atoms with van der Waals surface area (Å²) in [6.07, 6.45) is 0. The molecule has 0 fully saturated rings. The van der Waals surface area contributed by atoms with Gasteiger partial charge in [-0.05, 0) is 40.2 Å². The standard InChI is InChI=1S/C10H7BrFNO2/c11-9-8(5-14)13-15-10(9)6-1-3-7(12)4-2-6/h1-4,14H,5H2. The summed E-state index contributed by atoms with van der Waals surface area (Å²) in [7, 11) is 0. The van der Waals surface area contributed by atoms with Crippen molar-refractivity contribution < 1.29 is 14.0 Å². The van der Waals surface area contributed by atoms with E-state index < -0.39 is 0 Å². The molecular formula is C10H7BrFNO2. The molecule has 5 heteroatoms. The summed E-state index contributed by atoms with van der Waals surface area (Å²) in [5.41, 5.74) is 1.13. The van der Waals surface area contributed by atoms with Gasteiger partial charge in [-0.2, -0.15) is 0 Å².